The smallest absolute Gasteiger partial charge is 0.294 e. The number of likely N-dealkylation sites (N-methyl/N-ethyl adjacent to an activating group) is 1. The van der Waals surface area contributed by atoms with E-state index >= 15 is 0 Å². The van der Waals surface area contributed by atoms with E-state index in [1.54, 1.807) is 14.0 Å². The van der Waals surface area contributed by atoms with Crippen molar-refractivity contribution >= 4 is 23.0 Å². The van der Waals surface area contributed by atoms with Crippen molar-refractivity contribution in [1.29, 1.82) is 0 Å². The van der Waals surface area contributed by atoms with Gasteiger partial charge in [-0.25, -0.2) is 0 Å². The van der Waals surface area contributed by atoms with Gasteiger partial charge >= 0.3 is 0 Å². The van der Waals surface area contributed by atoms with E-state index < -0.39 is 4.92 Å². The van der Waals surface area contributed by atoms with E-state index in [4.69, 9.17) is 10.5 Å². The fourth-order valence-corrected chi connectivity index (χ4v) is 2.75. The molecule has 23 heavy (non-hydrogen) atoms. The summed E-state index contributed by atoms with van der Waals surface area (Å²) in [5, 5.41) is 11.1. The molecular formula is C15H22N4O4. The van der Waals surface area contributed by atoms with Crippen LogP contribution in [0.5, 0.6) is 0 Å². The normalized spacial score (nSPS) is 16.8. The minimum Gasteiger partial charge on any atom is -0.393 e. The Morgan fingerprint density at radius 3 is 2.61 bits per heavy atom. The van der Waals surface area contributed by atoms with E-state index in [9.17, 15) is 14.9 Å². The van der Waals surface area contributed by atoms with E-state index in [1.165, 1.54) is 17.0 Å². The number of hydrogen-bond acceptors (Lipinski definition) is 6. The highest BCUT2D eigenvalue weighted by Gasteiger charge is 2.28. The third-order valence-electron chi connectivity index (χ3n) is 4.18. The van der Waals surface area contributed by atoms with E-state index in [0.717, 1.165) is 5.56 Å². The van der Waals surface area contributed by atoms with Gasteiger partial charge in [0.2, 0.25) is 5.91 Å². The van der Waals surface area contributed by atoms with Gasteiger partial charge in [-0.1, -0.05) is 0 Å². The zero-order chi connectivity index (χ0) is 17.1. The number of nitrogen functional groups attached to an aromatic ring is 1. The molecule has 1 amide bonds. The van der Waals surface area contributed by atoms with Gasteiger partial charge in [0, 0.05) is 26.2 Å². The molecule has 2 N–H and O–H groups in total. The molecule has 1 aliphatic heterocycles. The topological polar surface area (TPSA) is 102 Å². The Bertz CT molecular complexity index is 614. The van der Waals surface area contributed by atoms with Gasteiger partial charge in [0.05, 0.1) is 29.9 Å². The molecule has 1 aromatic carbocycles. The second kappa shape index (κ2) is 6.93. The van der Waals surface area contributed by atoms with Crippen LogP contribution < -0.4 is 10.6 Å². The number of hydrogen-bond donors (Lipinski definition) is 1. The first-order valence-corrected chi connectivity index (χ1v) is 7.46. The molecule has 8 heteroatoms. The molecule has 1 atom stereocenters. The predicted molar refractivity (Wildman–Crippen MR) is 87.5 cm³/mol. The molecule has 1 heterocycles. The number of ether oxygens (including phenoxy) is 1. The third kappa shape index (κ3) is 3.59. The minimum absolute atomic E-state index is 0.0957. The summed E-state index contributed by atoms with van der Waals surface area (Å²) in [6.07, 6.45) is 0. The van der Waals surface area contributed by atoms with Crippen LogP contribution >= 0.6 is 0 Å². The van der Waals surface area contributed by atoms with Gasteiger partial charge in [0.15, 0.2) is 0 Å². The predicted octanol–water partition coefficient (Wildman–Crippen LogP) is 1.17. The molecule has 2 rings (SSSR count). The second-order valence-electron chi connectivity index (χ2n) is 5.68. The highest BCUT2D eigenvalue weighted by molar-refractivity contribution is 5.97. The fraction of sp³-hybridized carbons (Fsp3) is 0.533. The summed E-state index contributed by atoms with van der Waals surface area (Å²) < 4.78 is 5.29. The number of benzene rings is 1. The van der Waals surface area contributed by atoms with E-state index in [1.807, 2.05) is 11.8 Å². The summed E-state index contributed by atoms with van der Waals surface area (Å²) in [6.45, 7) is 6.22. The van der Waals surface area contributed by atoms with E-state index in [2.05, 4.69) is 0 Å². The molecule has 1 aromatic rings. The number of morpholine rings is 1. The molecule has 1 aliphatic rings. The Kier molecular flexibility index (Phi) is 5.17. The number of anilines is 2. The average Bonchev–Trinajstić information content (AvgIpc) is 2.53. The Balaban J connectivity index is 2.24. The van der Waals surface area contributed by atoms with Crippen molar-refractivity contribution in [3.05, 3.63) is 27.8 Å². The summed E-state index contributed by atoms with van der Waals surface area (Å²) in [4.78, 5) is 26.7. The van der Waals surface area contributed by atoms with Gasteiger partial charge in [-0.15, -0.1) is 0 Å². The van der Waals surface area contributed by atoms with Crippen molar-refractivity contribution in [2.45, 2.75) is 19.9 Å². The number of nitro groups is 1. The lowest BCUT2D eigenvalue weighted by Crippen LogP contribution is -2.50. The highest BCUT2D eigenvalue weighted by atomic mass is 16.6. The zero-order valence-corrected chi connectivity index (χ0v) is 13.6. The van der Waals surface area contributed by atoms with E-state index in [-0.39, 0.29) is 23.3 Å². The SMILES string of the molecule is Cc1cc(N)c([N+](=O)[O-])cc1N(C)C(=O)C(C)N1CCOCC1. The van der Waals surface area contributed by atoms with Crippen LogP contribution in [0.4, 0.5) is 17.1 Å². The molecule has 0 bridgehead atoms. The number of nitrogens with zero attached hydrogens (tertiary/aromatic N) is 3. The molecular weight excluding hydrogens is 300 g/mol. The molecule has 0 spiro atoms. The number of carbonyl (C=O) groups is 1. The Morgan fingerprint density at radius 1 is 1.43 bits per heavy atom. The van der Waals surface area contributed by atoms with Gasteiger partial charge in [0.1, 0.15) is 5.69 Å². The van der Waals surface area contributed by atoms with Crippen LogP contribution in [0.1, 0.15) is 12.5 Å². The van der Waals surface area contributed by atoms with Crippen LogP contribution in [0.15, 0.2) is 12.1 Å². The van der Waals surface area contributed by atoms with Gasteiger partial charge in [-0.3, -0.25) is 19.8 Å². The molecule has 8 nitrogen and oxygen atoms in total. The molecule has 0 aliphatic carbocycles. The minimum atomic E-state index is -0.540. The summed E-state index contributed by atoms with van der Waals surface area (Å²) in [6, 6.07) is 2.56. The summed E-state index contributed by atoms with van der Waals surface area (Å²) >= 11 is 0. The van der Waals surface area contributed by atoms with Crippen LogP contribution in [0.3, 0.4) is 0 Å². The van der Waals surface area contributed by atoms with Crippen LogP contribution in [0.25, 0.3) is 0 Å². The van der Waals surface area contributed by atoms with E-state index in [0.29, 0.717) is 32.0 Å². The van der Waals surface area contributed by atoms with Gasteiger partial charge in [0.25, 0.3) is 5.69 Å². The standard InChI is InChI=1S/C15H22N4O4/c1-10-8-12(16)14(19(21)22)9-13(10)17(3)15(20)11(2)18-4-6-23-7-5-18/h8-9,11H,4-7,16H2,1-3H3. The van der Waals surface area contributed by atoms with Crippen LogP contribution in [-0.4, -0.2) is 55.1 Å². The second-order valence-corrected chi connectivity index (χ2v) is 5.68. The van der Waals surface area contributed by atoms with Crippen molar-refractivity contribution < 1.29 is 14.5 Å². The molecule has 0 radical (unpaired) electrons. The van der Waals surface area contributed by atoms with Crippen molar-refractivity contribution in [2.75, 3.05) is 44.0 Å². The lowest BCUT2D eigenvalue weighted by atomic mass is 10.1. The first kappa shape index (κ1) is 17.2. The van der Waals surface area contributed by atoms with Crippen LogP contribution in [0.2, 0.25) is 0 Å². The van der Waals surface area contributed by atoms with Crippen molar-refractivity contribution in [3.63, 3.8) is 0 Å². The van der Waals surface area contributed by atoms with Crippen LogP contribution in [-0.2, 0) is 9.53 Å². The molecule has 1 saturated heterocycles. The lowest BCUT2D eigenvalue weighted by Gasteiger charge is -2.33. The number of nitro benzene ring substituents is 1. The number of carbonyl (C=O) groups excluding carboxylic acids is 1. The maximum atomic E-state index is 12.7. The van der Waals surface area contributed by atoms with Crippen molar-refractivity contribution in [2.24, 2.45) is 0 Å². The summed E-state index contributed by atoms with van der Waals surface area (Å²) in [5.74, 6) is -0.117. The Morgan fingerprint density at radius 2 is 2.04 bits per heavy atom. The van der Waals surface area contributed by atoms with Gasteiger partial charge in [-0.2, -0.15) is 0 Å². The number of amides is 1. The Hall–Kier alpha value is -2.19. The lowest BCUT2D eigenvalue weighted by molar-refractivity contribution is -0.383. The first-order chi connectivity index (χ1) is 10.8. The summed E-state index contributed by atoms with van der Waals surface area (Å²) in [7, 11) is 1.63. The molecule has 0 saturated carbocycles. The zero-order valence-electron chi connectivity index (χ0n) is 13.6. The quantitative estimate of drug-likeness (QED) is 0.507. The average molecular weight is 322 g/mol. The number of nitrogens with two attached hydrogens (primary N) is 1. The Labute approximate surface area is 134 Å². The maximum Gasteiger partial charge on any atom is 0.294 e. The fourth-order valence-electron chi connectivity index (χ4n) is 2.75. The third-order valence-corrected chi connectivity index (χ3v) is 4.18. The molecule has 1 fully saturated rings. The largest absolute Gasteiger partial charge is 0.393 e. The van der Waals surface area contributed by atoms with Gasteiger partial charge < -0.3 is 15.4 Å². The van der Waals surface area contributed by atoms with Crippen LogP contribution in [0, 0.1) is 17.0 Å². The first-order valence-electron chi connectivity index (χ1n) is 7.46. The monoisotopic (exact) mass is 322 g/mol. The van der Waals surface area contributed by atoms with Crippen molar-refractivity contribution in [1.82, 2.24) is 4.90 Å². The van der Waals surface area contributed by atoms with Gasteiger partial charge in [-0.05, 0) is 25.5 Å². The number of aryl methyl sites for hydroxylation is 1. The number of rotatable bonds is 4. The summed E-state index contributed by atoms with van der Waals surface area (Å²) in [5.41, 5.74) is 6.80. The molecule has 1 unspecified atom stereocenters. The molecule has 126 valence electrons. The highest BCUT2D eigenvalue weighted by Crippen LogP contribution is 2.31. The maximum absolute atomic E-state index is 12.7. The molecule has 0 aromatic heterocycles. The van der Waals surface area contributed by atoms with Crippen molar-refractivity contribution in [3.8, 4) is 0 Å².